The van der Waals surface area contributed by atoms with E-state index in [1.807, 2.05) is 20.8 Å². The first kappa shape index (κ1) is 19.4. The molecule has 0 atom stereocenters. The molecule has 0 aliphatic carbocycles. The van der Waals surface area contributed by atoms with E-state index in [2.05, 4.69) is 31.4 Å². The van der Waals surface area contributed by atoms with Crippen molar-refractivity contribution < 1.29 is 14.3 Å². The summed E-state index contributed by atoms with van der Waals surface area (Å²) in [7, 11) is 0. The second-order valence-corrected chi connectivity index (χ2v) is 6.91. The Bertz CT molecular complexity index is 267. The molecule has 0 spiro atoms. The van der Waals surface area contributed by atoms with Crippen molar-refractivity contribution in [2.75, 3.05) is 39.5 Å². The first-order valence-electron chi connectivity index (χ1n) is 7.32. The Kier molecular flexibility index (Phi) is 9.01. The third-order valence-corrected chi connectivity index (χ3v) is 2.49. The summed E-state index contributed by atoms with van der Waals surface area (Å²) in [5.41, 5.74) is -0.214. The molecule has 0 heterocycles. The third kappa shape index (κ3) is 12.4. The molecule has 0 aromatic rings. The van der Waals surface area contributed by atoms with Crippen LogP contribution < -0.4 is 10.6 Å². The highest BCUT2D eigenvalue weighted by Crippen LogP contribution is 2.11. The predicted octanol–water partition coefficient (Wildman–Crippen LogP) is 1.57. The Hall–Kier alpha value is -0.650. The summed E-state index contributed by atoms with van der Waals surface area (Å²) in [4.78, 5) is 11.6. The molecule has 0 fully saturated rings. The van der Waals surface area contributed by atoms with Crippen LogP contribution in [0.2, 0.25) is 0 Å². The minimum absolute atomic E-state index is 0.0469. The molecule has 1 amide bonds. The Morgan fingerprint density at radius 3 is 1.80 bits per heavy atom. The highest BCUT2D eigenvalue weighted by molar-refractivity contribution is 5.81. The van der Waals surface area contributed by atoms with E-state index < -0.39 is 0 Å². The molecule has 20 heavy (non-hydrogen) atoms. The summed E-state index contributed by atoms with van der Waals surface area (Å²) in [5, 5.41) is 6.18. The van der Waals surface area contributed by atoms with E-state index in [9.17, 15) is 4.79 Å². The second-order valence-electron chi connectivity index (χ2n) is 6.91. The van der Waals surface area contributed by atoms with Crippen molar-refractivity contribution in [3.8, 4) is 0 Å². The zero-order valence-electron chi connectivity index (χ0n) is 14.0. The fourth-order valence-corrected chi connectivity index (χ4v) is 1.32. The van der Waals surface area contributed by atoms with E-state index in [0.717, 1.165) is 6.54 Å². The second kappa shape index (κ2) is 9.32. The van der Waals surface area contributed by atoms with Crippen molar-refractivity contribution >= 4 is 5.91 Å². The van der Waals surface area contributed by atoms with Crippen molar-refractivity contribution in [3.05, 3.63) is 0 Å². The maximum Gasteiger partial charge on any atom is 0.225 e. The third-order valence-electron chi connectivity index (χ3n) is 2.49. The molecule has 0 saturated heterocycles. The van der Waals surface area contributed by atoms with Gasteiger partial charge in [0.15, 0.2) is 0 Å². The van der Waals surface area contributed by atoms with E-state index in [1.54, 1.807) is 0 Å². The normalized spacial score (nSPS) is 12.5. The van der Waals surface area contributed by atoms with E-state index in [1.165, 1.54) is 0 Å². The molecule has 5 heteroatoms. The maximum absolute atomic E-state index is 11.6. The van der Waals surface area contributed by atoms with Crippen LogP contribution in [0.1, 0.15) is 41.5 Å². The quantitative estimate of drug-likeness (QED) is 0.632. The van der Waals surface area contributed by atoms with Crippen LogP contribution in [0.3, 0.4) is 0 Å². The van der Waals surface area contributed by atoms with E-state index in [-0.39, 0.29) is 16.9 Å². The average molecular weight is 288 g/mol. The van der Waals surface area contributed by atoms with Crippen LogP contribution in [0.5, 0.6) is 0 Å². The van der Waals surface area contributed by atoms with Gasteiger partial charge in [-0.2, -0.15) is 0 Å². The number of nitrogens with one attached hydrogen (secondary N) is 2. The molecule has 0 saturated carbocycles. The smallest absolute Gasteiger partial charge is 0.225 e. The number of hydrogen-bond donors (Lipinski definition) is 2. The standard InChI is InChI=1S/C15H32N2O3/c1-14(2,3)13(18)16-7-9-19-11-12-20-10-8-17-15(4,5)6/h17H,7-12H2,1-6H3,(H,16,18). The molecule has 120 valence electrons. The van der Waals surface area contributed by atoms with Gasteiger partial charge in [0.25, 0.3) is 0 Å². The van der Waals surface area contributed by atoms with E-state index in [4.69, 9.17) is 9.47 Å². The number of ether oxygens (including phenoxy) is 2. The van der Waals surface area contributed by atoms with E-state index >= 15 is 0 Å². The lowest BCUT2D eigenvalue weighted by Gasteiger charge is -2.20. The monoisotopic (exact) mass is 288 g/mol. The molecule has 0 aliphatic rings. The lowest BCUT2D eigenvalue weighted by Crippen LogP contribution is -2.38. The van der Waals surface area contributed by atoms with Crippen LogP contribution in [0, 0.1) is 5.41 Å². The fraction of sp³-hybridized carbons (Fsp3) is 0.933. The maximum atomic E-state index is 11.6. The number of hydrogen-bond acceptors (Lipinski definition) is 4. The van der Waals surface area contributed by atoms with Gasteiger partial charge in [-0.15, -0.1) is 0 Å². The summed E-state index contributed by atoms with van der Waals surface area (Å²) < 4.78 is 10.8. The van der Waals surface area contributed by atoms with Crippen molar-refractivity contribution in [1.29, 1.82) is 0 Å². The number of carbonyl (C=O) groups is 1. The number of rotatable bonds is 9. The van der Waals surface area contributed by atoms with Gasteiger partial charge < -0.3 is 20.1 Å². The van der Waals surface area contributed by atoms with Crippen molar-refractivity contribution in [2.24, 2.45) is 5.41 Å². The van der Waals surface area contributed by atoms with Crippen LogP contribution in [0.4, 0.5) is 0 Å². The highest BCUT2D eigenvalue weighted by atomic mass is 16.5. The fourth-order valence-electron chi connectivity index (χ4n) is 1.32. The van der Waals surface area contributed by atoms with E-state index in [0.29, 0.717) is 33.0 Å². The lowest BCUT2D eigenvalue weighted by atomic mass is 9.96. The number of carbonyl (C=O) groups excluding carboxylic acids is 1. The summed E-state index contributed by atoms with van der Waals surface area (Å²) in [6.07, 6.45) is 0. The molecule has 5 nitrogen and oxygen atoms in total. The van der Waals surface area contributed by atoms with Crippen LogP contribution in [-0.2, 0) is 14.3 Å². The molecule has 0 aromatic carbocycles. The predicted molar refractivity (Wildman–Crippen MR) is 81.9 cm³/mol. The molecule has 0 bridgehead atoms. The Labute approximate surface area is 123 Å². The van der Waals surface area contributed by atoms with Gasteiger partial charge in [-0.1, -0.05) is 20.8 Å². The molecule has 0 rings (SSSR count). The largest absolute Gasteiger partial charge is 0.378 e. The summed E-state index contributed by atoms with van der Waals surface area (Å²) in [6.45, 7) is 15.8. The summed E-state index contributed by atoms with van der Waals surface area (Å²) >= 11 is 0. The average Bonchev–Trinajstić information content (AvgIpc) is 2.28. The van der Waals surface area contributed by atoms with Gasteiger partial charge in [0, 0.05) is 24.0 Å². The van der Waals surface area contributed by atoms with Gasteiger partial charge in [-0.25, -0.2) is 0 Å². The minimum atomic E-state index is -0.344. The molecule has 2 N–H and O–H groups in total. The SMILES string of the molecule is CC(C)(C)NCCOCCOCCNC(=O)C(C)(C)C. The molecule has 0 aromatic heterocycles. The Morgan fingerprint density at radius 2 is 1.35 bits per heavy atom. The lowest BCUT2D eigenvalue weighted by molar-refractivity contribution is -0.128. The van der Waals surface area contributed by atoms with Crippen molar-refractivity contribution in [1.82, 2.24) is 10.6 Å². The van der Waals surface area contributed by atoms with Gasteiger partial charge in [0.2, 0.25) is 5.91 Å². The van der Waals surface area contributed by atoms with Crippen LogP contribution in [0.15, 0.2) is 0 Å². The first-order chi connectivity index (χ1) is 9.13. The molecule has 0 aliphatic heterocycles. The Balaban J connectivity index is 3.28. The molecular formula is C15H32N2O3. The molecule has 0 unspecified atom stereocenters. The van der Waals surface area contributed by atoms with Gasteiger partial charge in [0.1, 0.15) is 0 Å². The highest BCUT2D eigenvalue weighted by Gasteiger charge is 2.20. The summed E-state index contributed by atoms with van der Waals surface area (Å²) in [6, 6.07) is 0. The molecule has 0 radical (unpaired) electrons. The summed E-state index contributed by atoms with van der Waals surface area (Å²) in [5.74, 6) is 0.0469. The zero-order chi connectivity index (χ0) is 15.6. The van der Waals surface area contributed by atoms with Crippen molar-refractivity contribution in [3.63, 3.8) is 0 Å². The van der Waals surface area contributed by atoms with Gasteiger partial charge in [0.05, 0.1) is 26.4 Å². The molecular weight excluding hydrogens is 256 g/mol. The first-order valence-corrected chi connectivity index (χ1v) is 7.32. The van der Waals surface area contributed by atoms with Crippen LogP contribution in [-0.4, -0.2) is 51.0 Å². The van der Waals surface area contributed by atoms with Crippen molar-refractivity contribution in [2.45, 2.75) is 47.1 Å². The minimum Gasteiger partial charge on any atom is -0.378 e. The topological polar surface area (TPSA) is 59.6 Å². The van der Waals surface area contributed by atoms with Gasteiger partial charge in [-0.05, 0) is 20.8 Å². The van der Waals surface area contributed by atoms with Crippen LogP contribution >= 0.6 is 0 Å². The Morgan fingerprint density at radius 1 is 0.850 bits per heavy atom. The number of amides is 1. The van der Waals surface area contributed by atoms with Crippen LogP contribution in [0.25, 0.3) is 0 Å². The van der Waals surface area contributed by atoms with Gasteiger partial charge in [-0.3, -0.25) is 4.79 Å². The zero-order valence-corrected chi connectivity index (χ0v) is 14.0. The van der Waals surface area contributed by atoms with Gasteiger partial charge >= 0.3 is 0 Å².